The number of benzene rings is 1. The molecule has 1 aromatic rings. The SMILES string of the molecule is Cc1c(Cl)cccc1S(=O)(=O)N1CCC(OCC(C)C)CC1. The van der Waals surface area contributed by atoms with Crippen LogP contribution in [0.4, 0.5) is 0 Å². The van der Waals surface area contributed by atoms with Crippen LogP contribution in [0.5, 0.6) is 0 Å². The van der Waals surface area contributed by atoms with E-state index in [1.165, 1.54) is 0 Å². The molecule has 1 aliphatic heterocycles. The predicted octanol–water partition coefficient (Wildman–Crippen LogP) is 3.47. The van der Waals surface area contributed by atoms with Gasteiger partial charge in [0.15, 0.2) is 0 Å². The van der Waals surface area contributed by atoms with Crippen LogP contribution in [0.25, 0.3) is 0 Å². The molecule has 0 spiro atoms. The highest BCUT2D eigenvalue weighted by Gasteiger charge is 2.31. The van der Waals surface area contributed by atoms with E-state index in [0.717, 1.165) is 19.4 Å². The number of ether oxygens (including phenoxy) is 1. The molecule has 1 saturated heterocycles. The molecule has 1 aromatic carbocycles. The maximum Gasteiger partial charge on any atom is 0.243 e. The summed E-state index contributed by atoms with van der Waals surface area (Å²) in [5, 5.41) is 0.483. The fourth-order valence-electron chi connectivity index (χ4n) is 2.57. The summed E-state index contributed by atoms with van der Waals surface area (Å²) in [5.74, 6) is 0.496. The fraction of sp³-hybridized carbons (Fsp3) is 0.625. The second-order valence-electron chi connectivity index (χ2n) is 6.19. The molecular weight excluding hydrogens is 322 g/mol. The van der Waals surface area contributed by atoms with E-state index in [2.05, 4.69) is 13.8 Å². The lowest BCUT2D eigenvalue weighted by Crippen LogP contribution is -2.41. The molecule has 0 N–H and O–H groups in total. The van der Waals surface area contributed by atoms with Gasteiger partial charge in [0.05, 0.1) is 11.0 Å². The van der Waals surface area contributed by atoms with Gasteiger partial charge >= 0.3 is 0 Å². The Morgan fingerprint density at radius 2 is 1.95 bits per heavy atom. The molecule has 0 aromatic heterocycles. The van der Waals surface area contributed by atoms with Crippen LogP contribution in [0.15, 0.2) is 23.1 Å². The minimum absolute atomic E-state index is 0.161. The summed E-state index contributed by atoms with van der Waals surface area (Å²) in [6.07, 6.45) is 1.64. The molecule has 0 aliphatic carbocycles. The van der Waals surface area contributed by atoms with Crippen molar-refractivity contribution in [1.82, 2.24) is 4.31 Å². The van der Waals surface area contributed by atoms with Gasteiger partial charge in [-0.3, -0.25) is 0 Å². The van der Waals surface area contributed by atoms with Crippen LogP contribution < -0.4 is 0 Å². The lowest BCUT2D eigenvalue weighted by molar-refractivity contribution is 0.00748. The molecule has 0 atom stereocenters. The molecule has 1 aliphatic rings. The Bertz CT molecular complexity index is 608. The van der Waals surface area contributed by atoms with E-state index in [-0.39, 0.29) is 6.10 Å². The summed E-state index contributed by atoms with van der Waals surface area (Å²) >= 11 is 6.05. The van der Waals surface area contributed by atoms with Crippen molar-refractivity contribution in [3.63, 3.8) is 0 Å². The number of halogens is 1. The van der Waals surface area contributed by atoms with Crippen LogP contribution in [-0.4, -0.2) is 38.5 Å². The van der Waals surface area contributed by atoms with Crippen LogP contribution in [0, 0.1) is 12.8 Å². The largest absolute Gasteiger partial charge is 0.378 e. The van der Waals surface area contributed by atoms with Gasteiger partial charge in [-0.05, 0) is 43.4 Å². The lowest BCUT2D eigenvalue weighted by Gasteiger charge is -2.31. The molecule has 1 heterocycles. The summed E-state index contributed by atoms with van der Waals surface area (Å²) in [6.45, 7) is 7.69. The maximum absolute atomic E-state index is 12.8. The second kappa shape index (κ2) is 7.30. The van der Waals surface area contributed by atoms with Crippen molar-refractivity contribution in [2.24, 2.45) is 5.92 Å². The van der Waals surface area contributed by atoms with E-state index in [9.17, 15) is 8.42 Å². The van der Waals surface area contributed by atoms with E-state index >= 15 is 0 Å². The fourth-order valence-corrected chi connectivity index (χ4v) is 4.52. The Hall–Kier alpha value is -0.620. The highest BCUT2D eigenvalue weighted by molar-refractivity contribution is 7.89. The first-order valence-electron chi connectivity index (χ1n) is 7.69. The normalized spacial score (nSPS) is 18.0. The molecule has 0 bridgehead atoms. The zero-order valence-corrected chi connectivity index (χ0v) is 15.0. The third-order valence-corrected chi connectivity index (χ3v) is 6.35. The van der Waals surface area contributed by atoms with Crippen molar-refractivity contribution >= 4 is 21.6 Å². The molecule has 2 rings (SSSR count). The van der Waals surface area contributed by atoms with Crippen LogP contribution in [0.3, 0.4) is 0 Å². The summed E-state index contributed by atoms with van der Waals surface area (Å²) in [7, 11) is -3.48. The van der Waals surface area contributed by atoms with Crippen molar-refractivity contribution < 1.29 is 13.2 Å². The number of piperidine rings is 1. The second-order valence-corrected chi connectivity index (χ2v) is 8.51. The topological polar surface area (TPSA) is 46.6 Å². The number of nitrogens with zero attached hydrogens (tertiary/aromatic N) is 1. The Balaban J connectivity index is 2.05. The third kappa shape index (κ3) is 4.02. The van der Waals surface area contributed by atoms with E-state index < -0.39 is 10.0 Å². The summed E-state index contributed by atoms with van der Waals surface area (Å²) in [4.78, 5) is 0.307. The number of hydrogen-bond acceptors (Lipinski definition) is 3. The predicted molar refractivity (Wildman–Crippen MR) is 88.8 cm³/mol. The maximum atomic E-state index is 12.8. The monoisotopic (exact) mass is 345 g/mol. The van der Waals surface area contributed by atoms with Gasteiger partial charge in [-0.2, -0.15) is 4.31 Å². The molecule has 4 nitrogen and oxygen atoms in total. The van der Waals surface area contributed by atoms with Gasteiger partial charge < -0.3 is 4.74 Å². The highest BCUT2D eigenvalue weighted by atomic mass is 35.5. The van der Waals surface area contributed by atoms with Crippen LogP contribution in [-0.2, 0) is 14.8 Å². The molecule has 0 saturated carbocycles. The lowest BCUT2D eigenvalue weighted by atomic mass is 10.1. The van der Waals surface area contributed by atoms with Crippen LogP contribution in [0.1, 0.15) is 32.3 Å². The Labute approximate surface area is 138 Å². The zero-order chi connectivity index (χ0) is 16.3. The van der Waals surface area contributed by atoms with Crippen LogP contribution >= 0.6 is 11.6 Å². The molecule has 22 heavy (non-hydrogen) atoms. The van der Waals surface area contributed by atoms with Crippen molar-refractivity contribution in [2.45, 2.75) is 44.6 Å². The molecule has 0 amide bonds. The molecule has 0 radical (unpaired) electrons. The minimum Gasteiger partial charge on any atom is -0.378 e. The quantitative estimate of drug-likeness (QED) is 0.820. The first-order chi connectivity index (χ1) is 10.3. The smallest absolute Gasteiger partial charge is 0.243 e. The van der Waals surface area contributed by atoms with E-state index in [4.69, 9.17) is 16.3 Å². The molecule has 0 unspecified atom stereocenters. The molecule has 6 heteroatoms. The minimum atomic E-state index is -3.48. The Morgan fingerprint density at radius 1 is 1.32 bits per heavy atom. The van der Waals surface area contributed by atoms with E-state index in [0.29, 0.717) is 34.5 Å². The van der Waals surface area contributed by atoms with E-state index in [1.54, 1.807) is 29.4 Å². The third-order valence-electron chi connectivity index (χ3n) is 3.90. The van der Waals surface area contributed by atoms with Crippen molar-refractivity contribution in [1.29, 1.82) is 0 Å². The zero-order valence-electron chi connectivity index (χ0n) is 13.4. The van der Waals surface area contributed by atoms with Crippen LogP contribution in [0.2, 0.25) is 5.02 Å². The first-order valence-corrected chi connectivity index (χ1v) is 9.51. The van der Waals surface area contributed by atoms with Gasteiger partial charge in [-0.1, -0.05) is 31.5 Å². The number of sulfonamides is 1. The van der Waals surface area contributed by atoms with Gasteiger partial charge in [0.25, 0.3) is 0 Å². The Kier molecular flexibility index (Phi) is 5.88. The number of hydrogen-bond donors (Lipinski definition) is 0. The number of rotatable bonds is 5. The first kappa shape index (κ1) is 17.7. The van der Waals surface area contributed by atoms with Gasteiger partial charge in [0.1, 0.15) is 0 Å². The average Bonchev–Trinajstić information content (AvgIpc) is 2.48. The Morgan fingerprint density at radius 3 is 2.55 bits per heavy atom. The summed E-state index contributed by atoms with van der Waals surface area (Å²) in [6, 6.07) is 5.01. The standard InChI is InChI=1S/C16H24ClNO3S/c1-12(2)11-21-14-7-9-18(10-8-14)22(19,20)16-6-4-5-15(17)13(16)3/h4-6,12,14H,7-11H2,1-3H3. The van der Waals surface area contributed by atoms with Crippen molar-refractivity contribution in [2.75, 3.05) is 19.7 Å². The van der Waals surface area contributed by atoms with Gasteiger partial charge in [-0.25, -0.2) is 8.42 Å². The summed E-state index contributed by atoms with van der Waals surface area (Å²) in [5.41, 5.74) is 0.613. The molecular formula is C16H24ClNO3S. The van der Waals surface area contributed by atoms with Crippen molar-refractivity contribution in [3.8, 4) is 0 Å². The van der Waals surface area contributed by atoms with Gasteiger partial charge in [-0.15, -0.1) is 0 Å². The highest BCUT2D eigenvalue weighted by Crippen LogP contribution is 2.27. The van der Waals surface area contributed by atoms with Crippen molar-refractivity contribution in [3.05, 3.63) is 28.8 Å². The summed E-state index contributed by atoms with van der Waals surface area (Å²) < 4.78 is 32.9. The van der Waals surface area contributed by atoms with Gasteiger partial charge in [0.2, 0.25) is 10.0 Å². The average molecular weight is 346 g/mol. The van der Waals surface area contributed by atoms with Gasteiger partial charge in [0, 0.05) is 24.7 Å². The molecule has 124 valence electrons. The van der Waals surface area contributed by atoms with E-state index in [1.807, 2.05) is 0 Å². The molecule has 1 fully saturated rings.